The highest BCUT2D eigenvalue weighted by Gasteiger charge is 2.16. The van der Waals surface area contributed by atoms with Crippen LogP contribution in [0.1, 0.15) is 50.2 Å². The van der Waals surface area contributed by atoms with Crippen LogP contribution >= 0.6 is 0 Å². The largest absolute Gasteiger partial charge is 0.617 e. The van der Waals surface area contributed by atoms with E-state index < -0.39 is 11.2 Å². The van der Waals surface area contributed by atoms with Gasteiger partial charge in [0.05, 0.1) is 13.4 Å². The van der Waals surface area contributed by atoms with Gasteiger partial charge in [-0.15, -0.1) is 0 Å². The van der Waals surface area contributed by atoms with Crippen LogP contribution in [0.25, 0.3) is 0 Å². The monoisotopic (exact) mass is 399 g/mol. The number of hydrogen-bond donors (Lipinski definition) is 1. The maximum Gasteiger partial charge on any atom is 0.124 e. The third kappa shape index (κ3) is 7.25. The van der Waals surface area contributed by atoms with Crippen LogP contribution in [0.15, 0.2) is 54.6 Å². The van der Waals surface area contributed by atoms with Gasteiger partial charge in [0, 0.05) is 28.9 Å². The van der Waals surface area contributed by atoms with Crippen molar-refractivity contribution in [1.82, 2.24) is 0 Å². The van der Waals surface area contributed by atoms with Crippen molar-refractivity contribution >= 4 is 22.6 Å². The summed E-state index contributed by atoms with van der Waals surface area (Å²) >= 11 is -0.827. The molecule has 0 aliphatic rings. The molecule has 0 saturated carbocycles. The molecule has 0 fully saturated rings. The van der Waals surface area contributed by atoms with Crippen molar-refractivity contribution in [2.45, 2.75) is 45.4 Å². The van der Waals surface area contributed by atoms with E-state index in [2.05, 4.69) is 67.7 Å². The van der Waals surface area contributed by atoms with E-state index in [1.54, 1.807) is 13.4 Å². The van der Waals surface area contributed by atoms with Gasteiger partial charge in [0.1, 0.15) is 11.5 Å². The number of ether oxygens (including phenoxy) is 1. The Morgan fingerprint density at radius 2 is 1.86 bits per heavy atom. The van der Waals surface area contributed by atoms with E-state index in [9.17, 15) is 4.55 Å². The van der Waals surface area contributed by atoms with E-state index in [4.69, 9.17) is 4.74 Å². The number of nitrogens with one attached hydrogen (secondary N) is 1. The molecular weight excluding hydrogens is 366 g/mol. The normalized spacial score (nSPS) is 13.5. The first kappa shape index (κ1) is 22.4. The van der Waals surface area contributed by atoms with Crippen LogP contribution in [-0.4, -0.2) is 23.7 Å². The van der Waals surface area contributed by atoms with Gasteiger partial charge < -0.3 is 14.6 Å². The van der Waals surface area contributed by atoms with Crippen LogP contribution < -0.4 is 10.1 Å². The Kier molecular flexibility index (Phi) is 9.45. The predicted octanol–water partition coefficient (Wildman–Crippen LogP) is 6.21. The second-order valence-electron chi connectivity index (χ2n) is 7.22. The van der Waals surface area contributed by atoms with Crippen LogP contribution in [0.3, 0.4) is 0 Å². The third-order valence-corrected chi connectivity index (χ3v) is 5.66. The molecular formula is C24H33NO2S. The molecule has 0 heterocycles. The van der Waals surface area contributed by atoms with E-state index in [-0.39, 0.29) is 5.92 Å². The second kappa shape index (κ2) is 11.8. The molecule has 1 N–H and O–H groups in total. The van der Waals surface area contributed by atoms with Gasteiger partial charge in [0.25, 0.3) is 0 Å². The summed E-state index contributed by atoms with van der Waals surface area (Å²) in [6, 6.07) is 14.7. The molecule has 0 spiro atoms. The molecule has 0 aromatic heterocycles. The molecule has 2 unspecified atom stereocenters. The highest BCUT2D eigenvalue weighted by atomic mass is 32.2. The maximum atomic E-state index is 11.5. The van der Waals surface area contributed by atoms with Crippen LogP contribution in [0.5, 0.6) is 5.75 Å². The number of benzene rings is 2. The van der Waals surface area contributed by atoms with Gasteiger partial charge >= 0.3 is 0 Å². The van der Waals surface area contributed by atoms with Gasteiger partial charge in [0.2, 0.25) is 0 Å². The molecule has 152 valence electrons. The number of hydrogen-bond acceptors (Lipinski definition) is 3. The molecule has 2 rings (SSSR count). The summed E-state index contributed by atoms with van der Waals surface area (Å²) in [5, 5.41) is 3.48. The van der Waals surface area contributed by atoms with E-state index in [0.29, 0.717) is 5.75 Å². The fourth-order valence-corrected chi connectivity index (χ4v) is 4.15. The van der Waals surface area contributed by atoms with E-state index in [0.717, 1.165) is 42.0 Å². The Morgan fingerprint density at radius 3 is 2.57 bits per heavy atom. The highest BCUT2D eigenvalue weighted by Crippen LogP contribution is 2.31. The Balaban J connectivity index is 2.05. The number of rotatable bonds is 11. The van der Waals surface area contributed by atoms with Gasteiger partial charge in [-0.05, 0) is 43.0 Å². The van der Waals surface area contributed by atoms with Gasteiger partial charge in [-0.2, -0.15) is 0 Å². The average molecular weight is 400 g/mol. The van der Waals surface area contributed by atoms with Crippen molar-refractivity contribution in [1.29, 1.82) is 0 Å². The lowest BCUT2D eigenvalue weighted by molar-refractivity contribution is 0.408. The zero-order chi connectivity index (χ0) is 20.4. The summed E-state index contributed by atoms with van der Waals surface area (Å²) in [6.45, 7) is 4.29. The molecule has 0 aliphatic heterocycles. The predicted molar refractivity (Wildman–Crippen MR) is 122 cm³/mol. The smallest absolute Gasteiger partial charge is 0.124 e. The molecule has 2 atom stereocenters. The summed E-state index contributed by atoms with van der Waals surface area (Å²) in [5.74, 6) is 1.66. The highest BCUT2D eigenvalue weighted by molar-refractivity contribution is 7.90. The van der Waals surface area contributed by atoms with Crippen molar-refractivity contribution in [3.63, 3.8) is 0 Å². The Morgan fingerprint density at radius 1 is 1.11 bits per heavy atom. The van der Waals surface area contributed by atoms with Crippen molar-refractivity contribution in [2.24, 2.45) is 0 Å². The lowest BCUT2D eigenvalue weighted by Crippen LogP contribution is -2.11. The molecule has 0 aliphatic carbocycles. The third-order valence-electron chi connectivity index (χ3n) is 4.69. The summed E-state index contributed by atoms with van der Waals surface area (Å²) in [4.78, 5) is 0. The number of allylic oxidation sites excluding steroid dienone is 2. The zero-order valence-electron chi connectivity index (χ0n) is 17.5. The van der Waals surface area contributed by atoms with Crippen LogP contribution in [-0.2, 0) is 17.6 Å². The fraction of sp³-hybridized carbons (Fsp3) is 0.417. The van der Waals surface area contributed by atoms with Gasteiger partial charge in [-0.3, -0.25) is 0 Å². The van der Waals surface area contributed by atoms with Gasteiger partial charge in [-0.1, -0.05) is 61.8 Å². The first-order chi connectivity index (χ1) is 13.5. The summed E-state index contributed by atoms with van der Waals surface area (Å²) in [6.07, 6.45) is 10.8. The van der Waals surface area contributed by atoms with Crippen molar-refractivity contribution in [2.75, 3.05) is 24.4 Å². The minimum absolute atomic E-state index is 0.193. The standard InChI is InChI=1S/C24H33NO2S/c1-5-6-7-8-9-11-20-12-10-13-21(16-20)25-22-14-15-23(24(17-22)27-3)19(2)18-28(4)26/h7-8,10,12-17,19,25H,5-6,9,11,18H2,1-4H3/b8-7-. The molecule has 4 heteroatoms. The Hall–Kier alpha value is -1.91. The minimum Gasteiger partial charge on any atom is -0.617 e. The van der Waals surface area contributed by atoms with Crippen LogP contribution in [0, 0.1) is 0 Å². The summed E-state index contributed by atoms with van der Waals surface area (Å²) in [5.41, 5.74) is 4.49. The summed E-state index contributed by atoms with van der Waals surface area (Å²) < 4.78 is 17.1. The van der Waals surface area contributed by atoms with Crippen LogP contribution in [0.2, 0.25) is 0 Å². The Bertz CT molecular complexity index is 758. The molecule has 2 aromatic rings. The zero-order valence-corrected chi connectivity index (χ0v) is 18.4. The van der Waals surface area contributed by atoms with Crippen molar-refractivity contribution in [3.05, 3.63) is 65.7 Å². The van der Waals surface area contributed by atoms with Crippen LogP contribution in [0.4, 0.5) is 11.4 Å². The van der Waals surface area contributed by atoms with Crippen molar-refractivity contribution in [3.8, 4) is 5.75 Å². The Labute approximate surface area is 173 Å². The molecule has 3 nitrogen and oxygen atoms in total. The number of aryl methyl sites for hydroxylation is 1. The van der Waals surface area contributed by atoms with E-state index >= 15 is 0 Å². The molecule has 0 radical (unpaired) electrons. The quantitative estimate of drug-likeness (QED) is 0.361. The van der Waals surface area contributed by atoms with E-state index in [1.807, 2.05) is 6.07 Å². The maximum absolute atomic E-state index is 11.5. The number of methoxy groups -OCH3 is 1. The minimum atomic E-state index is -0.827. The molecule has 0 bridgehead atoms. The summed E-state index contributed by atoms with van der Waals surface area (Å²) in [7, 11) is 1.69. The molecule has 28 heavy (non-hydrogen) atoms. The second-order valence-corrected chi connectivity index (χ2v) is 8.70. The van der Waals surface area contributed by atoms with Crippen molar-refractivity contribution < 1.29 is 9.29 Å². The lowest BCUT2D eigenvalue weighted by atomic mass is 10.0. The topological polar surface area (TPSA) is 44.3 Å². The fourth-order valence-electron chi connectivity index (χ4n) is 3.26. The molecule has 0 amide bonds. The number of unbranched alkanes of at least 4 members (excludes halogenated alkanes) is 1. The van der Waals surface area contributed by atoms with E-state index in [1.165, 1.54) is 12.0 Å². The van der Waals surface area contributed by atoms with Gasteiger partial charge in [0.15, 0.2) is 0 Å². The average Bonchev–Trinajstić information content (AvgIpc) is 2.67. The lowest BCUT2D eigenvalue weighted by Gasteiger charge is -2.17. The first-order valence-corrected chi connectivity index (χ1v) is 11.7. The first-order valence-electron chi connectivity index (χ1n) is 10.0. The SMILES string of the molecule is CCC/C=C\CCc1cccc(Nc2ccc(C(C)C[S+](C)[O-])c(OC)c2)c1. The molecule has 2 aromatic carbocycles. The van der Waals surface area contributed by atoms with Gasteiger partial charge in [-0.25, -0.2) is 0 Å². The molecule has 0 saturated heterocycles. The number of anilines is 2.